The monoisotopic (exact) mass is 351 g/mol. The van der Waals surface area contributed by atoms with Gasteiger partial charge < -0.3 is 14.6 Å². The molecule has 7 nitrogen and oxygen atoms in total. The minimum atomic E-state index is -0.263. The van der Waals surface area contributed by atoms with Gasteiger partial charge in [0.2, 0.25) is 5.91 Å². The van der Waals surface area contributed by atoms with E-state index < -0.39 is 0 Å². The summed E-state index contributed by atoms with van der Waals surface area (Å²) in [6.07, 6.45) is 5.23. The Labute approximate surface area is 148 Å². The molecule has 2 saturated heterocycles. The van der Waals surface area contributed by atoms with Crippen molar-refractivity contribution in [3.63, 3.8) is 0 Å². The molecule has 7 heteroatoms. The molecule has 2 N–H and O–H groups in total. The average Bonchev–Trinajstić information content (AvgIpc) is 3.21. The van der Waals surface area contributed by atoms with Gasteiger partial charge in [-0.3, -0.25) is 14.5 Å². The SMILES string of the molecule is CCC[C@@H]1CN(C2CCOCC2)C[C@H]1NC(=O)CCc1cc(=O)[nH]o1. The molecule has 2 aliphatic heterocycles. The van der Waals surface area contributed by atoms with Crippen LogP contribution in [0.25, 0.3) is 0 Å². The van der Waals surface area contributed by atoms with E-state index in [1.54, 1.807) is 0 Å². The van der Waals surface area contributed by atoms with Crippen LogP contribution in [0.4, 0.5) is 0 Å². The molecule has 2 atom stereocenters. The zero-order valence-electron chi connectivity index (χ0n) is 15.0. The third kappa shape index (κ3) is 4.95. The fraction of sp³-hybridized carbons (Fsp3) is 0.778. The fourth-order valence-corrected chi connectivity index (χ4v) is 4.04. The lowest BCUT2D eigenvalue weighted by Crippen LogP contribution is -2.42. The molecular formula is C18H29N3O4. The first-order valence-corrected chi connectivity index (χ1v) is 9.44. The van der Waals surface area contributed by atoms with Gasteiger partial charge in [-0.2, -0.15) is 5.16 Å². The number of ether oxygens (including phenoxy) is 1. The molecule has 140 valence electrons. The normalized spacial score (nSPS) is 25.3. The summed E-state index contributed by atoms with van der Waals surface area (Å²) >= 11 is 0. The summed E-state index contributed by atoms with van der Waals surface area (Å²) in [7, 11) is 0. The number of aryl methyl sites for hydroxylation is 1. The molecule has 3 rings (SSSR count). The van der Waals surface area contributed by atoms with Gasteiger partial charge in [0.05, 0.1) is 0 Å². The van der Waals surface area contributed by atoms with Crippen LogP contribution in [0.2, 0.25) is 0 Å². The molecule has 2 aliphatic rings. The predicted octanol–water partition coefficient (Wildman–Crippen LogP) is 1.30. The highest BCUT2D eigenvalue weighted by Crippen LogP contribution is 2.27. The van der Waals surface area contributed by atoms with Gasteiger partial charge in [-0.25, -0.2) is 0 Å². The molecule has 2 fully saturated rings. The molecule has 1 aromatic heterocycles. The van der Waals surface area contributed by atoms with Gasteiger partial charge in [-0.05, 0) is 25.2 Å². The van der Waals surface area contributed by atoms with E-state index in [4.69, 9.17) is 9.26 Å². The largest absolute Gasteiger partial charge is 0.384 e. The predicted molar refractivity (Wildman–Crippen MR) is 93.4 cm³/mol. The van der Waals surface area contributed by atoms with E-state index in [-0.39, 0.29) is 17.5 Å². The maximum absolute atomic E-state index is 12.3. The van der Waals surface area contributed by atoms with Crippen molar-refractivity contribution < 1.29 is 14.1 Å². The van der Waals surface area contributed by atoms with Crippen LogP contribution in [0.3, 0.4) is 0 Å². The van der Waals surface area contributed by atoms with Crippen LogP contribution in [-0.4, -0.2) is 54.4 Å². The first-order chi connectivity index (χ1) is 12.2. The van der Waals surface area contributed by atoms with Gasteiger partial charge in [0.1, 0.15) is 5.76 Å². The summed E-state index contributed by atoms with van der Waals surface area (Å²) in [6, 6.07) is 2.20. The van der Waals surface area contributed by atoms with Crippen molar-refractivity contribution in [2.24, 2.45) is 5.92 Å². The summed E-state index contributed by atoms with van der Waals surface area (Å²) in [4.78, 5) is 25.9. The number of carbonyl (C=O) groups is 1. The van der Waals surface area contributed by atoms with Crippen LogP contribution in [0.5, 0.6) is 0 Å². The number of H-pyrrole nitrogens is 1. The molecule has 1 amide bonds. The highest BCUT2D eigenvalue weighted by molar-refractivity contribution is 5.76. The van der Waals surface area contributed by atoms with Crippen molar-refractivity contribution in [1.82, 2.24) is 15.4 Å². The number of aromatic nitrogens is 1. The van der Waals surface area contributed by atoms with E-state index in [0.29, 0.717) is 30.6 Å². The molecule has 25 heavy (non-hydrogen) atoms. The van der Waals surface area contributed by atoms with Gasteiger partial charge in [-0.15, -0.1) is 0 Å². The Morgan fingerprint density at radius 2 is 2.16 bits per heavy atom. The number of likely N-dealkylation sites (tertiary alicyclic amines) is 1. The summed E-state index contributed by atoms with van der Waals surface area (Å²) in [5.41, 5.74) is -0.263. The number of amides is 1. The molecule has 0 aliphatic carbocycles. The second kappa shape index (κ2) is 8.67. The van der Waals surface area contributed by atoms with E-state index in [1.807, 2.05) is 0 Å². The Kier molecular flexibility index (Phi) is 6.31. The topological polar surface area (TPSA) is 87.6 Å². The number of carbonyl (C=O) groups excluding carboxylic acids is 1. The van der Waals surface area contributed by atoms with Gasteiger partial charge in [0.15, 0.2) is 0 Å². The Morgan fingerprint density at radius 1 is 1.36 bits per heavy atom. The van der Waals surface area contributed by atoms with Crippen LogP contribution in [0.1, 0.15) is 44.8 Å². The molecule has 3 heterocycles. The molecular weight excluding hydrogens is 322 g/mol. The van der Waals surface area contributed by atoms with Gasteiger partial charge in [0.25, 0.3) is 5.56 Å². The van der Waals surface area contributed by atoms with Crippen molar-refractivity contribution in [3.8, 4) is 0 Å². The summed E-state index contributed by atoms with van der Waals surface area (Å²) < 4.78 is 10.5. The van der Waals surface area contributed by atoms with E-state index in [2.05, 4.69) is 22.3 Å². The smallest absolute Gasteiger partial charge is 0.280 e. The standard InChI is InChI=1S/C18H29N3O4/c1-2-3-13-11-21(14-6-8-24-9-7-14)12-16(13)19-17(22)5-4-15-10-18(23)20-25-15/h10,13-14,16H,2-9,11-12H2,1H3,(H,19,22)(H,20,23)/t13-,16-/m1/s1. The van der Waals surface area contributed by atoms with Crippen LogP contribution >= 0.6 is 0 Å². The van der Waals surface area contributed by atoms with Gasteiger partial charge in [-0.1, -0.05) is 13.3 Å². The molecule has 0 radical (unpaired) electrons. The summed E-state index contributed by atoms with van der Waals surface area (Å²) in [5.74, 6) is 1.08. The number of aromatic amines is 1. The second-order valence-corrected chi connectivity index (χ2v) is 7.20. The van der Waals surface area contributed by atoms with Crippen LogP contribution in [0, 0.1) is 5.92 Å². The zero-order chi connectivity index (χ0) is 17.6. The number of rotatable bonds is 7. The maximum Gasteiger partial charge on any atom is 0.280 e. The highest BCUT2D eigenvalue weighted by atomic mass is 16.5. The number of hydrogen-bond donors (Lipinski definition) is 2. The van der Waals surface area contributed by atoms with Crippen molar-refractivity contribution in [2.45, 2.75) is 57.5 Å². The fourth-order valence-electron chi connectivity index (χ4n) is 4.04. The number of nitrogens with zero attached hydrogens (tertiary/aromatic N) is 1. The molecule has 0 unspecified atom stereocenters. The first kappa shape index (κ1) is 18.2. The molecule has 0 bridgehead atoms. The average molecular weight is 351 g/mol. The van der Waals surface area contributed by atoms with Crippen molar-refractivity contribution in [2.75, 3.05) is 26.3 Å². The zero-order valence-corrected chi connectivity index (χ0v) is 15.0. The number of hydrogen-bond acceptors (Lipinski definition) is 5. The Balaban J connectivity index is 1.51. The lowest BCUT2D eigenvalue weighted by molar-refractivity contribution is -0.122. The van der Waals surface area contributed by atoms with Gasteiger partial charge in [0, 0.05) is 57.3 Å². The Morgan fingerprint density at radius 3 is 2.84 bits per heavy atom. The van der Waals surface area contributed by atoms with E-state index in [9.17, 15) is 9.59 Å². The highest BCUT2D eigenvalue weighted by Gasteiger charge is 2.36. The summed E-state index contributed by atoms with van der Waals surface area (Å²) in [5, 5.41) is 5.47. The lowest BCUT2D eigenvalue weighted by Gasteiger charge is -2.31. The lowest BCUT2D eigenvalue weighted by atomic mass is 9.98. The van der Waals surface area contributed by atoms with E-state index in [0.717, 1.165) is 52.0 Å². The van der Waals surface area contributed by atoms with Crippen molar-refractivity contribution in [3.05, 3.63) is 22.2 Å². The van der Waals surface area contributed by atoms with Crippen molar-refractivity contribution in [1.29, 1.82) is 0 Å². The third-order valence-electron chi connectivity index (χ3n) is 5.36. The second-order valence-electron chi connectivity index (χ2n) is 7.20. The maximum atomic E-state index is 12.3. The molecule has 0 aromatic carbocycles. The van der Waals surface area contributed by atoms with Gasteiger partial charge >= 0.3 is 0 Å². The minimum Gasteiger partial charge on any atom is -0.384 e. The van der Waals surface area contributed by atoms with Crippen LogP contribution in [0.15, 0.2) is 15.4 Å². The van der Waals surface area contributed by atoms with Crippen molar-refractivity contribution >= 4 is 5.91 Å². The third-order valence-corrected chi connectivity index (χ3v) is 5.36. The van der Waals surface area contributed by atoms with Crippen LogP contribution < -0.4 is 10.9 Å². The quantitative estimate of drug-likeness (QED) is 0.773. The molecule has 0 spiro atoms. The van der Waals surface area contributed by atoms with Crippen LogP contribution in [-0.2, 0) is 16.0 Å². The Bertz CT molecular complexity index is 605. The molecule has 0 saturated carbocycles. The molecule has 1 aromatic rings. The minimum absolute atomic E-state index is 0.0313. The van der Waals surface area contributed by atoms with E-state index in [1.165, 1.54) is 6.07 Å². The Hall–Kier alpha value is -1.60. The number of nitrogens with one attached hydrogen (secondary N) is 2. The first-order valence-electron chi connectivity index (χ1n) is 9.44. The van der Waals surface area contributed by atoms with E-state index >= 15 is 0 Å². The summed E-state index contributed by atoms with van der Waals surface area (Å²) in [6.45, 7) is 5.89.